The molecule has 0 aromatic heterocycles. The maximum absolute atomic E-state index is 12.3. The van der Waals surface area contributed by atoms with Gasteiger partial charge in [0.1, 0.15) is 11.5 Å². The molecule has 0 bridgehead atoms. The first-order valence-electron chi connectivity index (χ1n) is 8.75. The van der Waals surface area contributed by atoms with Crippen molar-refractivity contribution >= 4 is 17.7 Å². The van der Waals surface area contributed by atoms with Crippen LogP contribution in [0, 0.1) is 0 Å². The van der Waals surface area contributed by atoms with Gasteiger partial charge in [0.15, 0.2) is 5.78 Å². The zero-order chi connectivity index (χ0) is 22.1. The molecule has 0 saturated carbocycles. The van der Waals surface area contributed by atoms with Gasteiger partial charge in [-0.2, -0.15) is 0 Å². The van der Waals surface area contributed by atoms with Crippen LogP contribution in [-0.2, 0) is 0 Å². The van der Waals surface area contributed by atoms with E-state index >= 15 is 0 Å². The van der Waals surface area contributed by atoms with Crippen LogP contribution in [0.1, 0.15) is 36.6 Å². The summed E-state index contributed by atoms with van der Waals surface area (Å²) in [5, 5.41) is 17.6. The Hall–Kier alpha value is -4.13. The molecular weight excluding hydrogens is 388 g/mol. The van der Waals surface area contributed by atoms with Crippen LogP contribution in [0.15, 0.2) is 72.8 Å². The third-order valence-electron chi connectivity index (χ3n) is 4.09. The van der Waals surface area contributed by atoms with Crippen molar-refractivity contribution in [3.63, 3.8) is 0 Å². The number of aromatic carboxylic acids is 2. The van der Waals surface area contributed by atoms with Gasteiger partial charge in [-0.05, 0) is 54.6 Å². The number of ether oxygens (including phenoxy) is 2. The van der Waals surface area contributed by atoms with E-state index in [9.17, 15) is 14.4 Å². The largest absolute Gasteiger partial charge is 0.497 e. The predicted octanol–water partition coefficient (Wildman–Crippen LogP) is 4.02. The first kappa shape index (κ1) is 22.2. The second-order valence-corrected chi connectivity index (χ2v) is 5.94. The molecule has 0 saturated heterocycles. The summed E-state index contributed by atoms with van der Waals surface area (Å²) in [5.74, 6) is -1.05. The van der Waals surface area contributed by atoms with Gasteiger partial charge in [0.2, 0.25) is 0 Å². The maximum atomic E-state index is 12.3. The highest BCUT2D eigenvalue weighted by Crippen LogP contribution is 2.17. The molecule has 0 atom stereocenters. The highest BCUT2D eigenvalue weighted by atomic mass is 16.5. The van der Waals surface area contributed by atoms with E-state index in [0.29, 0.717) is 17.1 Å². The normalized spacial score (nSPS) is 9.67. The first-order valence-corrected chi connectivity index (χ1v) is 8.75. The molecule has 0 heterocycles. The van der Waals surface area contributed by atoms with E-state index < -0.39 is 11.9 Å². The lowest BCUT2D eigenvalue weighted by Gasteiger charge is -2.06. The van der Waals surface area contributed by atoms with E-state index in [1.165, 1.54) is 38.5 Å². The van der Waals surface area contributed by atoms with Crippen molar-refractivity contribution in [2.24, 2.45) is 0 Å². The summed E-state index contributed by atoms with van der Waals surface area (Å²) >= 11 is 0. The highest BCUT2D eigenvalue weighted by molar-refractivity contribution is 6.14. The fourth-order valence-electron chi connectivity index (χ4n) is 2.50. The highest BCUT2D eigenvalue weighted by Gasteiger charge is 2.17. The van der Waals surface area contributed by atoms with Crippen molar-refractivity contribution in [1.29, 1.82) is 0 Å². The van der Waals surface area contributed by atoms with E-state index in [0.717, 1.165) is 0 Å². The van der Waals surface area contributed by atoms with Gasteiger partial charge in [-0.1, -0.05) is 18.2 Å². The summed E-state index contributed by atoms with van der Waals surface area (Å²) in [7, 11) is 3.08. The molecule has 154 valence electrons. The van der Waals surface area contributed by atoms with Crippen LogP contribution in [0.3, 0.4) is 0 Å². The topological polar surface area (TPSA) is 110 Å². The van der Waals surface area contributed by atoms with Gasteiger partial charge in [-0.3, -0.25) is 4.79 Å². The minimum Gasteiger partial charge on any atom is -0.497 e. The van der Waals surface area contributed by atoms with Crippen molar-refractivity contribution in [3.05, 3.63) is 95.1 Å². The second-order valence-electron chi connectivity index (χ2n) is 5.94. The Balaban J connectivity index is 0.000000248. The molecule has 0 amide bonds. The fraction of sp³-hybridized carbons (Fsp3) is 0.0870. The van der Waals surface area contributed by atoms with Crippen molar-refractivity contribution in [1.82, 2.24) is 0 Å². The SMILES string of the molecule is COc1ccc(C(=O)O)cc1.COc1ccc(C(=O)c2ccccc2C(=O)O)cc1. The average Bonchev–Trinajstić information content (AvgIpc) is 2.79. The summed E-state index contributed by atoms with van der Waals surface area (Å²) in [6, 6.07) is 18.9. The summed E-state index contributed by atoms with van der Waals surface area (Å²) < 4.78 is 9.87. The van der Waals surface area contributed by atoms with E-state index in [1.807, 2.05) is 0 Å². The Kier molecular flexibility index (Phi) is 7.70. The van der Waals surface area contributed by atoms with E-state index in [4.69, 9.17) is 19.7 Å². The van der Waals surface area contributed by atoms with Crippen molar-refractivity contribution in [3.8, 4) is 11.5 Å². The van der Waals surface area contributed by atoms with Gasteiger partial charge in [0, 0.05) is 11.1 Å². The van der Waals surface area contributed by atoms with Gasteiger partial charge in [0.25, 0.3) is 0 Å². The van der Waals surface area contributed by atoms with Crippen LogP contribution in [0.4, 0.5) is 0 Å². The van der Waals surface area contributed by atoms with Crippen LogP contribution >= 0.6 is 0 Å². The van der Waals surface area contributed by atoms with Crippen LogP contribution in [-0.4, -0.2) is 42.2 Å². The van der Waals surface area contributed by atoms with Crippen LogP contribution in [0.25, 0.3) is 0 Å². The van der Waals surface area contributed by atoms with E-state index in [-0.39, 0.29) is 22.5 Å². The molecule has 3 aromatic rings. The summed E-state index contributed by atoms with van der Waals surface area (Å²) in [5.41, 5.74) is 0.879. The zero-order valence-corrected chi connectivity index (χ0v) is 16.4. The molecule has 2 N–H and O–H groups in total. The maximum Gasteiger partial charge on any atom is 0.336 e. The fourth-order valence-corrected chi connectivity index (χ4v) is 2.50. The number of methoxy groups -OCH3 is 2. The molecule has 3 aromatic carbocycles. The Morgan fingerprint density at radius 1 is 0.600 bits per heavy atom. The number of carbonyl (C=O) groups is 3. The van der Waals surface area contributed by atoms with Crippen molar-refractivity contribution < 1.29 is 34.1 Å². The Morgan fingerprint density at radius 2 is 1.03 bits per heavy atom. The lowest BCUT2D eigenvalue weighted by molar-refractivity contribution is 0.0684. The summed E-state index contributed by atoms with van der Waals surface area (Å²) in [6.45, 7) is 0. The molecular formula is C23H20O7. The van der Waals surface area contributed by atoms with Crippen LogP contribution < -0.4 is 9.47 Å². The monoisotopic (exact) mass is 408 g/mol. The number of ketones is 1. The van der Waals surface area contributed by atoms with E-state index in [1.54, 1.807) is 48.5 Å². The number of carbonyl (C=O) groups excluding carboxylic acids is 1. The first-order chi connectivity index (χ1) is 14.4. The molecule has 0 aliphatic heterocycles. The van der Waals surface area contributed by atoms with Gasteiger partial charge >= 0.3 is 11.9 Å². The lowest BCUT2D eigenvalue weighted by Crippen LogP contribution is -2.09. The minimum atomic E-state index is -1.11. The zero-order valence-electron chi connectivity index (χ0n) is 16.4. The molecule has 3 rings (SSSR count). The molecule has 0 fully saturated rings. The Morgan fingerprint density at radius 3 is 1.43 bits per heavy atom. The van der Waals surface area contributed by atoms with Crippen molar-refractivity contribution in [2.45, 2.75) is 0 Å². The third-order valence-corrected chi connectivity index (χ3v) is 4.09. The predicted molar refractivity (Wildman–Crippen MR) is 110 cm³/mol. The molecule has 0 spiro atoms. The Labute approximate surface area is 173 Å². The third kappa shape index (κ3) is 5.68. The molecule has 30 heavy (non-hydrogen) atoms. The number of rotatable bonds is 6. The summed E-state index contributed by atoms with van der Waals surface area (Å²) in [4.78, 5) is 33.7. The standard InChI is InChI=1S/C15H12O4.C8H8O3/c1-19-11-8-6-10(7-9-11)14(16)12-4-2-3-5-13(12)15(17)18;1-11-7-4-2-6(3-5-7)8(9)10/h2-9H,1H3,(H,17,18);2-5H,1H3,(H,9,10). The van der Waals surface area contributed by atoms with Crippen LogP contribution in [0.5, 0.6) is 11.5 Å². The Bertz CT molecular complexity index is 1020. The van der Waals surface area contributed by atoms with Gasteiger partial charge < -0.3 is 19.7 Å². The van der Waals surface area contributed by atoms with Crippen molar-refractivity contribution in [2.75, 3.05) is 14.2 Å². The molecule has 7 nitrogen and oxygen atoms in total. The van der Waals surface area contributed by atoms with E-state index in [2.05, 4.69) is 0 Å². The average molecular weight is 408 g/mol. The van der Waals surface area contributed by atoms with Crippen LogP contribution in [0.2, 0.25) is 0 Å². The molecule has 7 heteroatoms. The molecule has 0 radical (unpaired) electrons. The molecule has 0 aliphatic rings. The molecule has 0 aliphatic carbocycles. The lowest BCUT2D eigenvalue weighted by atomic mass is 9.98. The minimum absolute atomic E-state index is 0.00307. The second kappa shape index (κ2) is 10.4. The molecule has 0 unspecified atom stereocenters. The number of carboxylic acids is 2. The van der Waals surface area contributed by atoms with Gasteiger partial charge in [-0.15, -0.1) is 0 Å². The number of hydrogen-bond acceptors (Lipinski definition) is 5. The van der Waals surface area contributed by atoms with Gasteiger partial charge in [0.05, 0.1) is 25.3 Å². The summed E-state index contributed by atoms with van der Waals surface area (Å²) in [6.07, 6.45) is 0. The number of hydrogen-bond donors (Lipinski definition) is 2. The quantitative estimate of drug-likeness (QED) is 0.593. The number of carboxylic acid groups (broad SMARTS) is 2. The smallest absolute Gasteiger partial charge is 0.336 e. The number of benzene rings is 3. The van der Waals surface area contributed by atoms with Gasteiger partial charge in [-0.25, -0.2) is 9.59 Å².